The van der Waals surface area contributed by atoms with Gasteiger partial charge in [-0.25, -0.2) is 13.2 Å². The number of halogens is 5. The van der Waals surface area contributed by atoms with E-state index in [4.69, 9.17) is 9.47 Å². The molecule has 0 radical (unpaired) electrons. The minimum Gasteiger partial charge on any atom is -0.429 e. The van der Waals surface area contributed by atoms with Crippen molar-refractivity contribution < 1.29 is 36.2 Å². The van der Waals surface area contributed by atoms with E-state index in [1.165, 1.54) is 0 Å². The Balaban J connectivity index is 1.40. The molecule has 4 rings (SSSR count). The van der Waals surface area contributed by atoms with Crippen LogP contribution < -0.4 is 4.74 Å². The first-order chi connectivity index (χ1) is 16.8. The minimum absolute atomic E-state index is 0.129. The van der Waals surface area contributed by atoms with Gasteiger partial charge in [-0.05, 0) is 59.9 Å². The van der Waals surface area contributed by atoms with E-state index >= 15 is 4.39 Å². The number of hydrogen-bond acceptors (Lipinski definition) is 3. The highest BCUT2D eigenvalue weighted by molar-refractivity contribution is 5.84. The number of alkyl halides is 2. The number of rotatable bonds is 9. The molecule has 1 saturated heterocycles. The summed E-state index contributed by atoms with van der Waals surface area (Å²) >= 11 is 0. The van der Waals surface area contributed by atoms with Gasteiger partial charge in [-0.1, -0.05) is 37.3 Å². The zero-order chi connectivity index (χ0) is 24.9. The summed E-state index contributed by atoms with van der Waals surface area (Å²) in [6, 6.07) is 10.9. The molecule has 188 valence electrons. The lowest BCUT2D eigenvalue weighted by atomic mass is 9.98. The van der Waals surface area contributed by atoms with Crippen molar-refractivity contribution in [2.24, 2.45) is 5.92 Å². The Bertz CT molecular complexity index is 1140. The first-order valence-electron chi connectivity index (χ1n) is 11.7. The summed E-state index contributed by atoms with van der Waals surface area (Å²) < 4.78 is 83.0. The van der Waals surface area contributed by atoms with E-state index in [0.717, 1.165) is 42.3 Å². The van der Waals surface area contributed by atoms with Crippen LogP contribution in [0.1, 0.15) is 36.5 Å². The summed E-state index contributed by atoms with van der Waals surface area (Å²) in [5.41, 5.74) is 1.66. The normalized spacial score (nSPS) is 18.4. The molecule has 3 aromatic rings. The highest BCUT2D eigenvalue weighted by Gasteiger charge is 2.21. The van der Waals surface area contributed by atoms with Gasteiger partial charge in [0.2, 0.25) is 0 Å². The standard InChI is InChI=1S/C27H27F5O3/c1-2-16-14-33-24(34-15-16)10-5-17-4-9-21-20(11-17)8-7-19(25(21)30)6-3-18-12-22(28)26(23(29)13-18)35-27(31)32/h4,7-9,11-13,16,24,27H,2-3,5-6,10,14-15H2,1H3. The Morgan fingerprint density at radius 1 is 0.886 bits per heavy atom. The first-order valence-corrected chi connectivity index (χ1v) is 11.7. The van der Waals surface area contributed by atoms with Crippen molar-refractivity contribution >= 4 is 10.8 Å². The van der Waals surface area contributed by atoms with Gasteiger partial charge in [0.25, 0.3) is 0 Å². The van der Waals surface area contributed by atoms with Crippen molar-refractivity contribution in [2.75, 3.05) is 13.2 Å². The fourth-order valence-corrected chi connectivity index (χ4v) is 4.24. The molecule has 0 aromatic heterocycles. The summed E-state index contributed by atoms with van der Waals surface area (Å²) in [5.74, 6) is -3.51. The van der Waals surface area contributed by atoms with E-state index < -0.39 is 29.8 Å². The van der Waals surface area contributed by atoms with E-state index in [0.29, 0.717) is 30.1 Å². The predicted octanol–water partition coefficient (Wildman–Crippen LogP) is 6.98. The lowest BCUT2D eigenvalue weighted by molar-refractivity contribution is -0.202. The summed E-state index contributed by atoms with van der Waals surface area (Å²) in [5, 5.41) is 1.21. The second-order valence-corrected chi connectivity index (χ2v) is 8.77. The van der Waals surface area contributed by atoms with Gasteiger partial charge >= 0.3 is 6.61 Å². The summed E-state index contributed by atoms with van der Waals surface area (Å²) in [7, 11) is 0. The van der Waals surface area contributed by atoms with Gasteiger partial charge in [0.05, 0.1) is 13.2 Å². The van der Waals surface area contributed by atoms with Crippen molar-refractivity contribution in [3.05, 3.63) is 76.6 Å². The van der Waals surface area contributed by atoms with Crippen molar-refractivity contribution in [3.8, 4) is 5.75 Å². The number of ether oxygens (including phenoxy) is 3. The molecule has 1 aliphatic rings. The third kappa shape index (κ3) is 6.30. The summed E-state index contributed by atoms with van der Waals surface area (Å²) in [6.45, 7) is 0.196. The van der Waals surface area contributed by atoms with E-state index in [9.17, 15) is 17.6 Å². The van der Waals surface area contributed by atoms with Gasteiger partial charge in [0, 0.05) is 17.7 Å². The maximum absolute atomic E-state index is 15.1. The van der Waals surface area contributed by atoms with E-state index in [1.54, 1.807) is 12.1 Å². The Kier molecular flexibility index (Phi) is 8.23. The minimum atomic E-state index is -3.33. The highest BCUT2D eigenvalue weighted by atomic mass is 19.3. The van der Waals surface area contributed by atoms with E-state index in [1.807, 2.05) is 18.2 Å². The Labute approximate surface area is 200 Å². The monoisotopic (exact) mass is 494 g/mol. The summed E-state index contributed by atoms with van der Waals surface area (Å²) in [4.78, 5) is 0. The van der Waals surface area contributed by atoms with Crippen LogP contribution in [0.2, 0.25) is 0 Å². The topological polar surface area (TPSA) is 27.7 Å². The lowest BCUT2D eigenvalue weighted by Crippen LogP contribution is -2.32. The molecule has 0 aliphatic carbocycles. The zero-order valence-electron chi connectivity index (χ0n) is 19.3. The van der Waals surface area contributed by atoms with E-state index in [-0.39, 0.29) is 24.7 Å². The quantitative estimate of drug-likeness (QED) is 0.301. The van der Waals surface area contributed by atoms with Gasteiger partial charge in [-0.2, -0.15) is 8.78 Å². The van der Waals surface area contributed by atoms with Crippen LogP contribution in [-0.4, -0.2) is 26.1 Å². The van der Waals surface area contributed by atoms with Crippen LogP contribution in [-0.2, 0) is 28.7 Å². The summed E-state index contributed by atoms with van der Waals surface area (Å²) in [6.07, 6.45) is 2.58. The van der Waals surface area contributed by atoms with Crippen molar-refractivity contribution in [2.45, 2.75) is 51.9 Å². The molecule has 3 nitrogen and oxygen atoms in total. The van der Waals surface area contributed by atoms with Gasteiger partial charge < -0.3 is 14.2 Å². The second-order valence-electron chi connectivity index (χ2n) is 8.77. The molecule has 1 heterocycles. The smallest absolute Gasteiger partial charge is 0.387 e. The van der Waals surface area contributed by atoms with Crippen LogP contribution in [0.5, 0.6) is 5.75 Å². The molecule has 3 aromatic carbocycles. The van der Waals surface area contributed by atoms with Crippen molar-refractivity contribution in [1.82, 2.24) is 0 Å². The van der Waals surface area contributed by atoms with Crippen LogP contribution in [0.15, 0.2) is 42.5 Å². The molecular formula is C27H27F5O3. The average Bonchev–Trinajstić information content (AvgIpc) is 2.84. The van der Waals surface area contributed by atoms with Crippen LogP contribution in [0.3, 0.4) is 0 Å². The van der Waals surface area contributed by atoms with Crippen LogP contribution in [0, 0.1) is 23.4 Å². The maximum atomic E-state index is 15.1. The van der Waals surface area contributed by atoms with Crippen LogP contribution >= 0.6 is 0 Å². The average molecular weight is 495 g/mol. The predicted molar refractivity (Wildman–Crippen MR) is 122 cm³/mol. The fourth-order valence-electron chi connectivity index (χ4n) is 4.24. The zero-order valence-corrected chi connectivity index (χ0v) is 19.3. The second kappa shape index (κ2) is 11.4. The molecule has 1 fully saturated rings. The van der Waals surface area contributed by atoms with Gasteiger partial charge in [-0.15, -0.1) is 0 Å². The molecule has 0 amide bonds. The Hall–Kier alpha value is -2.71. The number of hydrogen-bond donors (Lipinski definition) is 0. The molecular weight excluding hydrogens is 467 g/mol. The molecule has 0 unspecified atom stereocenters. The molecule has 0 saturated carbocycles. The first kappa shape index (κ1) is 25.4. The molecule has 0 bridgehead atoms. The molecule has 35 heavy (non-hydrogen) atoms. The highest BCUT2D eigenvalue weighted by Crippen LogP contribution is 2.28. The van der Waals surface area contributed by atoms with Crippen molar-refractivity contribution in [1.29, 1.82) is 0 Å². The maximum Gasteiger partial charge on any atom is 0.387 e. The number of fused-ring (bicyclic) bond motifs is 1. The fraction of sp³-hybridized carbons (Fsp3) is 0.407. The molecule has 1 aliphatic heterocycles. The molecule has 0 spiro atoms. The largest absolute Gasteiger partial charge is 0.429 e. The van der Waals surface area contributed by atoms with Crippen LogP contribution in [0.25, 0.3) is 10.8 Å². The number of aryl methyl sites for hydroxylation is 3. The third-order valence-corrected chi connectivity index (χ3v) is 6.33. The lowest BCUT2D eigenvalue weighted by Gasteiger charge is -2.28. The number of benzene rings is 3. The SMILES string of the molecule is CCC1COC(CCc2ccc3c(F)c(CCc4cc(F)c(OC(F)F)c(F)c4)ccc3c2)OC1. The van der Waals surface area contributed by atoms with Gasteiger partial charge in [-0.3, -0.25) is 0 Å². The molecule has 8 heteroatoms. The third-order valence-electron chi connectivity index (χ3n) is 6.33. The van der Waals surface area contributed by atoms with Crippen molar-refractivity contribution in [3.63, 3.8) is 0 Å². The Morgan fingerprint density at radius 2 is 1.60 bits per heavy atom. The molecule has 0 N–H and O–H groups in total. The molecule has 0 atom stereocenters. The van der Waals surface area contributed by atoms with E-state index in [2.05, 4.69) is 11.7 Å². The van der Waals surface area contributed by atoms with Gasteiger partial charge in [0.15, 0.2) is 23.7 Å². The van der Waals surface area contributed by atoms with Gasteiger partial charge in [0.1, 0.15) is 5.82 Å². The Morgan fingerprint density at radius 3 is 2.26 bits per heavy atom. The van der Waals surface area contributed by atoms with Crippen LogP contribution in [0.4, 0.5) is 22.0 Å².